The highest BCUT2D eigenvalue weighted by molar-refractivity contribution is 7.91. The molecule has 1 atom stereocenters. The van der Waals surface area contributed by atoms with Gasteiger partial charge in [-0.2, -0.15) is 9.98 Å². The summed E-state index contributed by atoms with van der Waals surface area (Å²) in [4.78, 5) is 18.1. The SMILES string of the molecule is N#Cc1ccc(O)c(CN2CC[C@H](NS(=O)(=O)c3cc4c(Cl)nccc4s3)C2=O)c1. The Morgan fingerprint density at radius 1 is 1.37 bits per heavy atom. The highest BCUT2D eigenvalue weighted by Crippen LogP contribution is 2.32. The first-order valence-electron chi connectivity index (χ1n) is 8.85. The quantitative estimate of drug-likeness (QED) is 0.562. The Morgan fingerprint density at radius 3 is 2.90 bits per heavy atom. The van der Waals surface area contributed by atoms with Gasteiger partial charge in [-0.1, -0.05) is 11.6 Å². The van der Waals surface area contributed by atoms with Crippen molar-refractivity contribution >= 4 is 49.0 Å². The normalized spacial score (nSPS) is 16.9. The smallest absolute Gasteiger partial charge is 0.250 e. The fourth-order valence-corrected chi connectivity index (χ4v) is 6.17. The maximum atomic E-state index is 12.8. The fourth-order valence-electron chi connectivity index (χ4n) is 3.28. The summed E-state index contributed by atoms with van der Waals surface area (Å²) in [7, 11) is -3.93. The van der Waals surface area contributed by atoms with Crippen LogP contribution in [0.4, 0.5) is 0 Å². The van der Waals surface area contributed by atoms with E-state index in [1.807, 2.05) is 6.07 Å². The molecule has 0 saturated carbocycles. The number of fused-ring (bicyclic) bond motifs is 1. The number of hydrogen-bond acceptors (Lipinski definition) is 7. The van der Waals surface area contributed by atoms with Crippen LogP contribution in [0.2, 0.25) is 5.15 Å². The third-order valence-electron chi connectivity index (χ3n) is 4.80. The molecule has 30 heavy (non-hydrogen) atoms. The van der Waals surface area contributed by atoms with Gasteiger partial charge in [-0.3, -0.25) is 4.79 Å². The zero-order valence-corrected chi connectivity index (χ0v) is 17.8. The molecule has 0 bridgehead atoms. The zero-order chi connectivity index (χ0) is 21.5. The average Bonchev–Trinajstić information content (AvgIpc) is 3.30. The third kappa shape index (κ3) is 3.85. The molecule has 1 aliphatic heterocycles. The first kappa shape index (κ1) is 20.6. The third-order valence-corrected chi connectivity index (χ3v) is 8.15. The van der Waals surface area contributed by atoms with E-state index in [1.165, 1.54) is 35.4 Å². The van der Waals surface area contributed by atoms with E-state index in [2.05, 4.69) is 9.71 Å². The molecule has 1 amide bonds. The lowest BCUT2D eigenvalue weighted by Gasteiger charge is -2.18. The number of phenolic OH excluding ortho intramolecular Hbond substituents is 1. The lowest BCUT2D eigenvalue weighted by Crippen LogP contribution is -2.41. The maximum absolute atomic E-state index is 12.8. The molecule has 2 N–H and O–H groups in total. The van der Waals surface area contributed by atoms with E-state index >= 15 is 0 Å². The number of carbonyl (C=O) groups is 1. The number of aromatic hydroxyl groups is 1. The molecule has 0 unspecified atom stereocenters. The summed E-state index contributed by atoms with van der Waals surface area (Å²) in [5.41, 5.74) is 0.794. The number of halogens is 1. The van der Waals surface area contributed by atoms with E-state index in [0.29, 0.717) is 34.2 Å². The summed E-state index contributed by atoms with van der Waals surface area (Å²) >= 11 is 7.07. The van der Waals surface area contributed by atoms with Gasteiger partial charge in [0.2, 0.25) is 5.91 Å². The Kier molecular flexibility index (Phi) is 5.38. The molecule has 0 aliphatic carbocycles. The molecule has 1 aliphatic rings. The van der Waals surface area contributed by atoms with Crippen molar-refractivity contribution in [3.63, 3.8) is 0 Å². The van der Waals surface area contributed by atoms with Gasteiger partial charge in [0, 0.05) is 34.9 Å². The molecule has 1 fully saturated rings. The number of sulfonamides is 1. The monoisotopic (exact) mass is 462 g/mol. The number of likely N-dealkylation sites (tertiary alicyclic amines) is 1. The lowest BCUT2D eigenvalue weighted by atomic mass is 10.1. The molecule has 4 rings (SSSR count). The molecule has 8 nitrogen and oxygen atoms in total. The van der Waals surface area contributed by atoms with Crippen LogP contribution >= 0.6 is 22.9 Å². The predicted octanol–water partition coefficient (Wildman–Crippen LogP) is 2.61. The standard InChI is InChI=1S/C19H15ClN4O4S2/c20-18-13-8-17(29-16(13)3-5-22-18)30(27,28)23-14-4-6-24(19(14)26)10-12-7-11(9-21)1-2-15(12)25/h1-3,5,7-8,14,23,25H,4,6,10H2/t14-/m0/s1. The van der Waals surface area contributed by atoms with Crippen LogP contribution in [0, 0.1) is 11.3 Å². The van der Waals surface area contributed by atoms with Gasteiger partial charge >= 0.3 is 0 Å². The molecule has 0 spiro atoms. The fraction of sp³-hybridized carbons (Fsp3) is 0.211. The van der Waals surface area contributed by atoms with E-state index in [0.717, 1.165) is 11.3 Å². The second-order valence-electron chi connectivity index (χ2n) is 6.76. The van der Waals surface area contributed by atoms with Crippen molar-refractivity contribution in [2.75, 3.05) is 6.54 Å². The summed E-state index contributed by atoms with van der Waals surface area (Å²) in [6.07, 6.45) is 1.80. The number of thiophene rings is 1. The van der Waals surface area contributed by atoms with E-state index in [-0.39, 0.29) is 27.6 Å². The van der Waals surface area contributed by atoms with Crippen LogP contribution in [0.5, 0.6) is 5.75 Å². The maximum Gasteiger partial charge on any atom is 0.250 e. The number of carbonyl (C=O) groups excluding carboxylic acids is 1. The highest BCUT2D eigenvalue weighted by atomic mass is 35.5. The number of amides is 1. The van der Waals surface area contributed by atoms with Gasteiger partial charge in [0.15, 0.2) is 0 Å². The van der Waals surface area contributed by atoms with Crippen LogP contribution in [0.25, 0.3) is 10.1 Å². The highest BCUT2D eigenvalue weighted by Gasteiger charge is 2.35. The number of rotatable bonds is 5. The number of nitriles is 1. The second kappa shape index (κ2) is 7.85. The van der Waals surface area contributed by atoms with Gasteiger partial charge in [0.25, 0.3) is 10.0 Å². The van der Waals surface area contributed by atoms with Crippen molar-refractivity contribution in [1.82, 2.24) is 14.6 Å². The Bertz CT molecular complexity index is 1300. The van der Waals surface area contributed by atoms with Crippen molar-refractivity contribution in [2.24, 2.45) is 0 Å². The van der Waals surface area contributed by atoms with Crippen LogP contribution in [-0.2, 0) is 21.4 Å². The average molecular weight is 463 g/mol. The van der Waals surface area contributed by atoms with E-state index in [4.69, 9.17) is 16.9 Å². The van der Waals surface area contributed by atoms with E-state index in [9.17, 15) is 18.3 Å². The number of phenols is 1. The van der Waals surface area contributed by atoms with Gasteiger partial charge in [0.05, 0.1) is 11.6 Å². The number of pyridine rings is 1. The number of nitrogens with one attached hydrogen (secondary N) is 1. The van der Waals surface area contributed by atoms with E-state index in [1.54, 1.807) is 6.07 Å². The van der Waals surface area contributed by atoms with E-state index < -0.39 is 16.1 Å². The molecule has 154 valence electrons. The van der Waals surface area contributed by atoms with Gasteiger partial charge in [-0.05, 0) is 36.8 Å². The Hall–Kier alpha value is -2.71. The largest absolute Gasteiger partial charge is 0.508 e. The van der Waals surface area contributed by atoms with Gasteiger partial charge in [0.1, 0.15) is 21.2 Å². The van der Waals surface area contributed by atoms with Crippen molar-refractivity contribution in [1.29, 1.82) is 5.26 Å². The number of benzene rings is 1. The minimum Gasteiger partial charge on any atom is -0.508 e. The minimum atomic E-state index is -3.93. The predicted molar refractivity (Wildman–Crippen MR) is 112 cm³/mol. The van der Waals surface area contributed by atoms with Crippen LogP contribution in [0.15, 0.2) is 40.7 Å². The molecule has 3 aromatic rings. The Balaban J connectivity index is 1.51. The summed E-state index contributed by atoms with van der Waals surface area (Å²) in [6.45, 7) is 0.410. The molecule has 0 radical (unpaired) electrons. The van der Waals surface area contributed by atoms with Crippen molar-refractivity contribution < 1.29 is 18.3 Å². The van der Waals surface area contributed by atoms with Crippen molar-refractivity contribution in [3.05, 3.63) is 52.8 Å². The lowest BCUT2D eigenvalue weighted by molar-refractivity contribution is -0.129. The first-order valence-corrected chi connectivity index (χ1v) is 11.5. The van der Waals surface area contributed by atoms with Crippen LogP contribution < -0.4 is 4.72 Å². The molecular weight excluding hydrogens is 448 g/mol. The summed E-state index contributed by atoms with van der Waals surface area (Å²) in [6, 6.07) is 8.59. The van der Waals surface area contributed by atoms with Crippen molar-refractivity contribution in [3.8, 4) is 11.8 Å². The number of hydrogen-bond donors (Lipinski definition) is 2. The molecule has 1 aromatic carbocycles. The van der Waals surface area contributed by atoms with Crippen LogP contribution in [0.3, 0.4) is 0 Å². The van der Waals surface area contributed by atoms with Gasteiger partial charge < -0.3 is 10.0 Å². The first-order chi connectivity index (χ1) is 14.3. The Morgan fingerprint density at radius 2 is 2.17 bits per heavy atom. The molecule has 11 heteroatoms. The summed E-state index contributed by atoms with van der Waals surface area (Å²) < 4.78 is 28.8. The number of nitrogens with zero attached hydrogens (tertiary/aromatic N) is 3. The van der Waals surface area contributed by atoms with Gasteiger partial charge in [-0.15, -0.1) is 11.3 Å². The minimum absolute atomic E-state index is 0.0263. The van der Waals surface area contributed by atoms with Crippen molar-refractivity contribution in [2.45, 2.75) is 23.2 Å². The topological polar surface area (TPSA) is 123 Å². The molecule has 2 aromatic heterocycles. The van der Waals surface area contributed by atoms with Gasteiger partial charge in [-0.25, -0.2) is 13.4 Å². The molecular formula is C19H15ClN4O4S2. The summed E-state index contributed by atoms with van der Waals surface area (Å²) in [5, 5.41) is 19.8. The van der Waals surface area contributed by atoms with Crippen LogP contribution in [-0.4, -0.2) is 41.9 Å². The zero-order valence-electron chi connectivity index (χ0n) is 15.4. The summed E-state index contributed by atoms with van der Waals surface area (Å²) in [5.74, 6) is -0.414. The van der Waals surface area contributed by atoms with Crippen LogP contribution in [0.1, 0.15) is 17.5 Å². The molecule has 1 saturated heterocycles. The second-order valence-corrected chi connectivity index (χ2v) is 10.1. The number of aromatic nitrogens is 1. The molecule has 3 heterocycles. The Labute approximate surface area is 181 Å².